The molecule has 2 amide bonds. The van der Waals surface area contributed by atoms with E-state index in [4.69, 9.17) is 13.8 Å². The molecule has 2 saturated heterocycles. The number of rotatable bonds is 11. The molecule has 0 saturated carbocycles. The number of benzene rings is 2. The van der Waals surface area contributed by atoms with Crippen molar-refractivity contribution in [3.63, 3.8) is 0 Å². The molecule has 2 N–H and O–H groups in total. The van der Waals surface area contributed by atoms with Gasteiger partial charge in [0.15, 0.2) is 0 Å². The van der Waals surface area contributed by atoms with Gasteiger partial charge in [-0.2, -0.15) is 26.3 Å². The van der Waals surface area contributed by atoms with Gasteiger partial charge >= 0.3 is 19.5 Å². The Kier molecular flexibility index (Phi) is 10.8. The Bertz CT molecular complexity index is 1820. The van der Waals surface area contributed by atoms with Crippen LogP contribution in [0.5, 0.6) is 5.75 Å². The maximum absolute atomic E-state index is 14.1. The van der Waals surface area contributed by atoms with Gasteiger partial charge < -0.3 is 23.9 Å². The number of hydrogen-bond donors (Lipinski definition) is 2. The second kappa shape index (κ2) is 15.0. The first-order chi connectivity index (χ1) is 24.7. The van der Waals surface area contributed by atoms with Crippen LogP contribution in [0.3, 0.4) is 0 Å². The minimum Gasteiger partial charge on any atom is -0.489 e. The lowest BCUT2D eigenvalue weighted by molar-refractivity contribution is -0.143. The van der Waals surface area contributed by atoms with Crippen LogP contribution in [-0.2, 0) is 33.2 Å². The molecule has 52 heavy (non-hydrogen) atoms. The Morgan fingerprint density at radius 1 is 0.962 bits per heavy atom. The number of halogens is 6. The predicted octanol–water partition coefficient (Wildman–Crippen LogP) is 7.85. The number of nitrogens with zero attached hydrogens (tertiary/aromatic N) is 1. The van der Waals surface area contributed by atoms with E-state index in [1.165, 1.54) is 0 Å². The Morgan fingerprint density at radius 3 is 2.27 bits per heavy atom. The minimum atomic E-state index is -5.19. The number of anilines is 1. The van der Waals surface area contributed by atoms with E-state index >= 15 is 0 Å². The van der Waals surface area contributed by atoms with Gasteiger partial charge in [-0.3, -0.25) is 9.59 Å². The molecule has 2 aliphatic heterocycles. The topological polar surface area (TPSA) is 109 Å². The molecule has 2 fully saturated rings. The predicted molar refractivity (Wildman–Crippen MR) is 177 cm³/mol. The third-order valence-corrected chi connectivity index (χ3v) is 9.78. The second-order valence-corrected chi connectivity index (χ2v) is 13.2. The number of amides is 2. The molecule has 6 rings (SSSR count). The summed E-state index contributed by atoms with van der Waals surface area (Å²) in [6.45, 7) is 1.71. The van der Waals surface area contributed by atoms with Crippen molar-refractivity contribution in [2.75, 3.05) is 11.5 Å². The van der Waals surface area contributed by atoms with Gasteiger partial charge in [-0.05, 0) is 97.6 Å². The molecule has 4 atom stereocenters. The Balaban J connectivity index is 1.37. The highest BCUT2D eigenvalue weighted by atomic mass is 19.4. The summed E-state index contributed by atoms with van der Waals surface area (Å²) in [5, 5.41) is 20.4. The third kappa shape index (κ3) is 7.86. The van der Waals surface area contributed by atoms with E-state index in [9.17, 15) is 46.1 Å². The largest absolute Gasteiger partial charge is 0.489 e. The molecular weight excluding hydrogens is 695 g/mol. The molecule has 0 spiro atoms. The van der Waals surface area contributed by atoms with Crippen LogP contribution in [0.2, 0.25) is 6.32 Å². The maximum atomic E-state index is 14.1. The Labute approximate surface area is 295 Å². The molecule has 2 aromatic carbocycles. The molecule has 1 aliphatic carbocycles. The van der Waals surface area contributed by atoms with Crippen LogP contribution in [0.25, 0.3) is 6.08 Å². The molecule has 0 bridgehead atoms. The van der Waals surface area contributed by atoms with Crippen LogP contribution >= 0.6 is 0 Å². The fraction of sp³-hybridized carbons (Fsp3) is 0.405. The first-order valence-corrected chi connectivity index (χ1v) is 17.0. The summed E-state index contributed by atoms with van der Waals surface area (Å²) in [6, 6.07) is 12.9. The van der Waals surface area contributed by atoms with E-state index in [-0.39, 0.29) is 32.0 Å². The quantitative estimate of drug-likeness (QED) is 0.0895. The summed E-state index contributed by atoms with van der Waals surface area (Å²) in [6.07, 6.45) is -7.14. The van der Waals surface area contributed by atoms with Crippen LogP contribution in [0, 0.1) is 17.8 Å². The average molecular weight is 731 g/mol. The Morgan fingerprint density at radius 2 is 1.65 bits per heavy atom. The zero-order valence-electron chi connectivity index (χ0n) is 28.0. The molecule has 0 radical (unpaired) electrons. The Hall–Kier alpha value is -4.34. The highest BCUT2D eigenvalue weighted by Crippen LogP contribution is 2.52. The number of imide groups is 1. The van der Waals surface area contributed by atoms with E-state index in [0.29, 0.717) is 64.7 Å². The number of alkyl halides is 6. The van der Waals surface area contributed by atoms with Gasteiger partial charge in [0.2, 0.25) is 11.8 Å². The normalized spacial score (nSPS) is 22.6. The van der Waals surface area contributed by atoms with Gasteiger partial charge in [0.25, 0.3) is 0 Å². The molecule has 1 aromatic heterocycles. The molecule has 276 valence electrons. The molecule has 15 heteroatoms. The lowest BCUT2D eigenvalue weighted by Gasteiger charge is -2.43. The van der Waals surface area contributed by atoms with E-state index < -0.39 is 72.0 Å². The number of para-hydroxylation sites is 1. The fourth-order valence-corrected chi connectivity index (χ4v) is 7.57. The van der Waals surface area contributed by atoms with Gasteiger partial charge in [-0.25, -0.2) is 4.90 Å². The van der Waals surface area contributed by atoms with E-state index in [0.717, 1.165) is 12.0 Å². The highest BCUT2D eigenvalue weighted by Gasteiger charge is 2.58. The van der Waals surface area contributed by atoms with Gasteiger partial charge in [0, 0.05) is 0 Å². The van der Waals surface area contributed by atoms with E-state index in [1.54, 1.807) is 42.5 Å². The van der Waals surface area contributed by atoms with E-state index in [2.05, 4.69) is 0 Å². The van der Waals surface area contributed by atoms with Crippen LogP contribution < -0.4 is 9.64 Å². The molecule has 3 aliphatic rings. The van der Waals surface area contributed by atoms with Crippen molar-refractivity contribution in [3.8, 4) is 5.75 Å². The van der Waals surface area contributed by atoms with E-state index in [1.807, 2.05) is 13.0 Å². The fourth-order valence-electron chi connectivity index (χ4n) is 7.57. The van der Waals surface area contributed by atoms with Gasteiger partial charge in [0.05, 0.1) is 34.8 Å². The minimum absolute atomic E-state index is 0.0355. The monoisotopic (exact) mass is 731 g/mol. The molecule has 0 unspecified atom stereocenters. The molecule has 3 heterocycles. The van der Waals surface area contributed by atoms with Gasteiger partial charge in [0.1, 0.15) is 30.5 Å². The SMILES string of the molecule is CCC/C(=C\c1ccc(CO)o1)CC[C@H]1OB(O)C[C@H]2C1=C(COc1ccccc1)C[C@H]1C(=O)N(c3cc(C(F)(F)F)cc(C(F)(F)F)c3)C(=O)[C@H]12. The number of furan rings is 1. The first kappa shape index (κ1) is 37.4. The van der Waals surface area contributed by atoms with Gasteiger partial charge in [-0.15, -0.1) is 0 Å². The molecule has 8 nitrogen and oxygen atoms in total. The maximum Gasteiger partial charge on any atom is 0.455 e. The standard InChI is InChI=1S/C37H36BF6NO7/c1-2-6-21(13-27-10-11-28(19-46)51-27)9-12-31-32-22(20-50-26-7-4-3-5-8-26)14-29-33(30(32)18-38(49)52-31)35(48)45(34(29)47)25-16-23(36(39,40)41)15-24(17-25)37(42,43)44/h3-5,7-8,10-11,13,15-17,29-31,33,46,49H,2,6,9,12,14,18-20H2,1H3/b21-13+/t29-,30+,31-,33-/m1/s1. The smallest absolute Gasteiger partial charge is 0.455 e. The zero-order chi connectivity index (χ0) is 37.4. The van der Waals surface area contributed by atoms with Crippen molar-refractivity contribution in [1.82, 2.24) is 0 Å². The number of fused-ring (bicyclic) bond motifs is 3. The second-order valence-electron chi connectivity index (χ2n) is 13.2. The summed E-state index contributed by atoms with van der Waals surface area (Å²) in [4.78, 5) is 28.5. The number of aliphatic hydroxyl groups excluding tert-OH is 1. The summed E-state index contributed by atoms with van der Waals surface area (Å²) in [5.74, 6) is -3.51. The van der Waals surface area contributed by atoms with Crippen molar-refractivity contribution >= 4 is 30.7 Å². The number of ether oxygens (including phenoxy) is 1. The summed E-state index contributed by atoms with van der Waals surface area (Å²) < 4.78 is 100. The highest BCUT2D eigenvalue weighted by molar-refractivity contribution is 6.43. The zero-order valence-corrected chi connectivity index (χ0v) is 28.0. The number of aliphatic hydroxyl groups is 1. The van der Waals surface area contributed by atoms with Crippen LogP contribution in [0.1, 0.15) is 61.7 Å². The molecule has 3 aromatic rings. The van der Waals surface area contributed by atoms with Gasteiger partial charge in [-0.1, -0.05) is 37.1 Å². The third-order valence-electron chi connectivity index (χ3n) is 9.78. The summed E-state index contributed by atoms with van der Waals surface area (Å²) in [7, 11) is -1.37. The van der Waals surface area contributed by atoms with Crippen molar-refractivity contribution in [1.29, 1.82) is 0 Å². The molecular formula is C37H36BF6NO7. The number of carbonyl (C=O) groups is 2. The first-order valence-electron chi connectivity index (χ1n) is 17.0. The lowest BCUT2D eigenvalue weighted by atomic mass is 9.58. The number of allylic oxidation sites excluding steroid dienone is 1. The van der Waals surface area contributed by atoms with Crippen LogP contribution in [-0.4, -0.2) is 41.8 Å². The van der Waals surface area contributed by atoms with Crippen molar-refractivity contribution in [2.45, 2.75) is 70.4 Å². The number of carbonyl (C=O) groups excluding carboxylic acids is 2. The summed E-state index contributed by atoms with van der Waals surface area (Å²) >= 11 is 0. The number of hydrogen-bond acceptors (Lipinski definition) is 7. The van der Waals surface area contributed by atoms with Crippen molar-refractivity contribution < 1.29 is 59.9 Å². The van der Waals surface area contributed by atoms with Crippen LogP contribution in [0.4, 0.5) is 32.0 Å². The summed E-state index contributed by atoms with van der Waals surface area (Å²) in [5.41, 5.74) is -1.90. The lowest BCUT2D eigenvalue weighted by Crippen LogP contribution is -2.46. The average Bonchev–Trinajstić information content (AvgIpc) is 3.66. The van der Waals surface area contributed by atoms with Crippen molar-refractivity contribution in [3.05, 3.63) is 100 Å². The van der Waals surface area contributed by atoms with Crippen molar-refractivity contribution in [2.24, 2.45) is 17.8 Å². The van der Waals surface area contributed by atoms with Crippen LogP contribution in [0.15, 0.2) is 81.8 Å².